The lowest BCUT2D eigenvalue weighted by atomic mass is 10.00. The van der Waals surface area contributed by atoms with Crippen LogP contribution < -0.4 is 9.83 Å². The Morgan fingerprint density at radius 3 is 2.41 bits per heavy atom. The highest BCUT2D eigenvalue weighted by molar-refractivity contribution is 7.63. The van der Waals surface area contributed by atoms with E-state index in [-0.39, 0.29) is 0 Å². The molecule has 1 unspecified atom stereocenters. The molecule has 110 valence electrons. The van der Waals surface area contributed by atoms with Crippen molar-refractivity contribution in [2.45, 2.75) is 6.92 Å². The van der Waals surface area contributed by atoms with Gasteiger partial charge in [0.25, 0.3) is 0 Å². The smallest absolute Gasteiger partial charge is 0.411 e. The van der Waals surface area contributed by atoms with Gasteiger partial charge in [-0.1, -0.05) is 42.5 Å². The summed E-state index contributed by atoms with van der Waals surface area (Å²) in [5.41, 5.74) is 1.88. The molecule has 4 rings (SSSR count). The molecule has 0 aliphatic carbocycles. The molecule has 4 heteroatoms. The quantitative estimate of drug-likeness (QED) is 0.641. The summed E-state index contributed by atoms with van der Waals surface area (Å²) in [5.74, 6) is 0.620. The molecule has 0 saturated heterocycles. The summed E-state index contributed by atoms with van der Waals surface area (Å²) in [5, 5.41) is 2.83. The first-order valence-electron chi connectivity index (χ1n) is 7.28. The van der Waals surface area contributed by atoms with Crippen molar-refractivity contribution in [2.75, 3.05) is 6.61 Å². The van der Waals surface area contributed by atoms with Crippen LogP contribution in [0.1, 0.15) is 6.92 Å². The van der Waals surface area contributed by atoms with Crippen molar-refractivity contribution in [2.24, 2.45) is 0 Å². The summed E-state index contributed by atoms with van der Waals surface area (Å²) >= 11 is 0. The molecule has 0 saturated carbocycles. The van der Waals surface area contributed by atoms with E-state index in [1.54, 1.807) is 0 Å². The van der Waals surface area contributed by atoms with Crippen LogP contribution in [0.25, 0.3) is 21.9 Å². The van der Waals surface area contributed by atoms with Crippen molar-refractivity contribution in [1.82, 2.24) is 0 Å². The zero-order valence-electron chi connectivity index (χ0n) is 12.2. The average Bonchev–Trinajstić information content (AvgIpc) is 2.54. The van der Waals surface area contributed by atoms with Crippen LogP contribution in [0.15, 0.2) is 60.7 Å². The molecule has 0 aromatic heterocycles. The topological polar surface area (TPSA) is 35.5 Å². The summed E-state index contributed by atoms with van der Waals surface area (Å²) in [7, 11) is -3.31. The second-order valence-corrected chi connectivity index (χ2v) is 7.14. The molecule has 1 aliphatic heterocycles. The van der Waals surface area contributed by atoms with Gasteiger partial charge in [0.1, 0.15) is 5.75 Å². The highest BCUT2D eigenvalue weighted by atomic mass is 31.2. The Kier molecular flexibility index (Phi) is 3.07. The number of fused-ring (bicyclic) bond motifs is 4. The molecular weight excluding hydrogens is 295 g/mol. The molecule has 22 heavy (non-hydrogen) atoms. The molecule has 1 aliphatic rings. The molecule has 3 aromatic carbocycles. The number of hydrogen-bond donors (Lipinski definition) is 0. The summed E-state index contributed by atoms with van der Waals surface area (Å²) in [4.78, 5) is 0. The summed E-state index contributed by atoms with van der Waals surface area (Å²) in [6, 6.07) is 19.7. The van der Waals surface area contributed by atoms with Gasteiger partial charge >= 0.3 is 7.60 Å². The van der Waals surface area contributed by atoms with E-state index in [0.717, 1.165) is 21.9 Å². The minimum absolute atomic E-state index is 0.342. The SMILES string of the molecule is CCOP1(=O)Oc2cc3ccccc3cc2-c2ccccc21. The van der Waals surface area contributed by atoms with E-state index in [0.29, 0.717) is 17.7 Å². The summed E-state index contributed by atoms with van der Waals surface area (Å²) in [6.07, 6.45) is 0. The standard InChI is InChI=1S/C18H15O3P/c1-2-20-22(19)18-10-6-5-9-15(18)16-11-13-7-3-4-8-14(13)12-17(16)21-22/h3-12H,2H2,1H3. The third kappa shape index (κ3) is 1.98. The third-order valence-corrected chi connectivity index (χ3v) is 5.87. The predicted molar refractivity (Wildman–Crippen MR) is 88.9 cm³/mol. The second-order valence-electron chi connectivity index (χ2n) is 5.22. The summed E-state index contributed by atoms with van der Waals surface area (Å²) in [6.45, 7) is 2.16. The van der Waals surface area contributed by atoms with Gasteiger partial charge in [-0.3, -0.25) is 4.52 Å². The Bertz CT molecular complexity index is 917. The van der Waals surface area contributed by atoms with E-state index < -0.39 is 7.60 Å². The van der Waals surface area contributed by atoms with Gasteiger partial charge in [-0.05, 0) is 35.9 Å². The van der Waals surface area contributed by atoms with E-state index >= 15 is 0 Å². The molecular formula is C18H15O3P. The first-order chi connectivity index (χ1) is 10.7. The van der Waals surface area contributed by atoms with Crippen LogP contribution in [0.4, 0.5) is 0 Å². The van der Waals surface area contributed by atoms with Crippen molar-refractivity contribution < 1.29 is 13.6 Å². The van der Waals surface area contributed by atoms with Gasteiger partial charge in [-0.2, -0.15) is 0 Å². The fourth-order valence-electron chi connectivity index (χ4n) is 2.89. The highest BCUT2D eigenvalue weighted by Gasteiger charge is 2.37. The number of rotatable bonds is 2. The molecule has 0 N–H and O–H groups in total. The van der Waals surface area contributed by atoms with E-state index in [1.165, 1.54) is 0 Å². The first kappa shape index (κ1) is 13.6. The minimum Gasteiger partial charge on any atom is -0.421 e. The molecule has 0 fully saturated rings. The van der Waals surface area contributed by atoms with Crippen LogP contribution in [0, 0.1) is 0 Å². The fourth-order valence-corrected chi connectivity index (χ4v) is 4.69. The van der Waals surface area contributed by atoms with E-state index in [4.69, 9.17) is 9.05 Å². The Labute approximate surface area is 129 Å². The van der Waals surface area contributed by atoms with Crippen LogP contribution >= 0.6 is 7.60 Å². The van der Waals surface area contributed by atoms with Crippen LogP contribution in [0.2, 0.25) is 0 Å². The van der Waals surface area contributed by atoms with Crippen molar-refractivity contribution >= 4 is 23.7 Å². The average molecular weight is 310 g/mol. The molecule has 0 radical (unpaired) electrons. The predicted octanol–water partition coefficient (Wildman–Crippen LogP) is 4.75. The largest absolute Gasteiger partial charge is 0.421 e. The van der Waals surface area contributed by atoms with Gasteiger partial charge in [0.05, 0.1) is 11.9 Å². The van der Waals surface area contributed by atoms with Crippen molar-refractivity contribution in [1.29, 1.82) is 0 Å². The molecule has 3 aromatic rings. The second kappa shape index (κ2) is 4.98. The Hall–Kier alpha value is -2.09. The van der Waals surface area contributed by atoms with Gasteiger partial charge in [0.2, 0.25) is 0 Å². The van der Waals surface area contributed by atoms with Gasteiger partial charge in [0.15, 0.2) is 0 Å². The van der Waals surface area contributed by atoms with E-state index in [2.05, 4.69) is 12.1 Å². The Balaban J connectivity index is 2.03. The molecule has 1 heterocycles. The molecule has 0 bridgehead atoms. The van der Waals surface area contributed by atoms with Gasteiger partial charge in [-0.25, -0.2) is 4.57 Å². The number of hydrogen-bond acceptors (Lipinski definition) is 3. The van der Waals surface area contributed by atoms with Crippen molar-refractivity contribution in [3.05, 3.63) is 60.7 Å². The lowest BCUT2D eigenvalue weighted by molar-refractivity contribution is 0.288. The van der Waals surface area contributed by atoms with Gasteiger partial charge in [0, 0.05) is 11.1 Å². The zero-order valence-corrected chi connectivity index (χ0v) is 13.0. The van der Waals surface area contributed by atoms with Crippen LogP contribution in [-0.4, -0.2) is 6.61 Å². The molecule has 0 spiro atoms. The van der Waals surface area contributed by atoms with Gasteiger partial charge in [-0.15, -0.1) is 0 Å². The fraction of sp³-hybridized carbons (Fsp3) is 0.111. The summed E-state index contributed by atoms with van der Waals surface area (Å²) < 4.78 is 24.4. The van der Waals surface area contributed by atoms with Crippen molar-refractivity contribution in [3.63, 3.8) is 0 Å². The lowest BCUT2D eigenvalue weighted by Gasteiger charge is -2.27. The molecule has 3 nitrogen and oxygen atoms in total. The molecule has 1 atom stereocenters. The zero-order chi connectivity index (χ0) is 15.2. The highest BCUT2D eigenvalue weighted by Crippen LogP contribution is 2.55. The van der Waals surface area contributed by atoms with Crippen molar-refractivity contribution in [3.8, 4) is 16.9 Å². The first-order valence-corrected chi connectivity index (χ1v) is 8.82. The number of benzene rings is 3. The third-order valence-electron chi connectivity index (χ3n) is 3.85. The maximum absolute atomic E-state index is 13.1. The monoisotopic (exact) mass is 310 g/mol. The van der Waals surface area contributed by atoms with Crippen LogP contribution in [0.5, 0.6) is 5.75 Å². The van der Waals surface area contributed by atoms with Crippen LogP contribution in [-0.2, 0) is 9.09 Å². The van der Waals surface area contributed by atoms with Crippen LogP contribution in [0.3, 0.4) is 0 Å². The normalized spacial score (nSPS) is 19.3. The minimum atomic E-state index is -3.31. The Morgan fingerprint density at radius 2 is 1.64 bits per heavy atom. The van der Waals surface area contributed by atoms with E-state index in [9.17, 15) is 4.57 Å². The maximum Gasteiger partial charge on any atom is 0.411 e. The maximum atomic E-state index is 13.1. The molecule has 0 amide bonds. The van der Waals surface area contributed by atoms with Gasteiger partial charge < -0.3 is 4.52 Å². The Morgan fingerprint density at radius 1 is 0.955 bits per heavy atom. The van der Waals surface area contributed by atoms with E-state index in [1.807, 2.05) is 55.5 Å². The lowest BCUT2D eigenvalue weighted by Crippen LogP contribution is -2.19.